The van der Waals surface area contributed by atoms with Crippen LogP contribution in [0.15, 0.2) is 96.2 Å². The van der Waals surface area contributed by atoms with E-state index < -0.39 is 34.6 Å². The molecule has 2 aliphatic heterocycles. The number of halogens is 1. The van der Waals surface area contributed by atoms with Crippen molar-refractivity contribution in [1.29, 1.82) is 0 Å². The van der Waals surface area contributed by atoms with Crippen LogP contribution in [-0.4, -0.2) is 101 Å². The van der Waals surface area contributed by atoms with Crippen LogP contribution in [0.1, 0.15) is 139 Å². The van der Waals surface area contributed by atoms with Crippen LogP contribution in [-0.2, 0) is 27.5 Å². The molecule has 2 fully saturated rings. The summed E-state index contributed by atoms with van der Waals surface area (Å²) in [5.41, 5.74) is 3.72. The van der Waals surface area contributed by atoms with E-state index in [0.29, 0.717) is 54.2 Å². The van der Waals surface area contributed by atoms with Gasteiger partial charge in [0.2, 0.25) is 5.79 Å². The van der Waals surface area contributed by atoms with Crippen LogP contribution in [0, 0.1) is 33.7 Å². The van der Waals surface area contributed by atoms with Crippen molar-refractivity contribution in [3.8, 4) is 11.5 Å². The van der Waals surface area contributed by atoms with Crippen LogP contribution >= 0.6 is 0 Å². The van der Waals surface area contributed by atoms with Crippen molar-refractivity contribution in [2.45, 2.75) is 147 Å². The number of nitro groups is 1. The van der Waals surface area contributed by atoms with Crippen molar-refractivity contribution >= 4 is 17.5 Å². The second-order valence-electron chi connectivity index (χ2n) is 20.2. The van der Waals surface area contributed by atoms with Gasteiger partial charge in [-0.1, -0.05) is 107 Å². The summed E-state index contributed by atoms with van der Waals surface area (Å²) in [5, 5.41) is 36.5. The fourth-order valence-electron chi connectivity index (χ4n) is 11.1. The minimum Gasteiger partial charge on any atom is -0.492 e. The van der Waals surface area contributed by atoms with Crippen LogP contribution < -0.4 is 9.47 Å². The Hall–Kier alpha value is -5.35. The second kappa shape index (κ2) is 28.4. The van der Waals surface area contributed by atoms with Crippen molar-refractivity contribution in [3.05, 3.63) is 124 Å². The summed E-state index contributed by atoms with van der Waals surface area (Å²) in [5.74, 6) is -1.47. The van der Waals surface area contributed by atoms with Gasteiger partial charge in [-0.2, -0.15) is 0 Å². The highest BCUT2D eigenvalue weighted by Crippen LogP contribution is 2.62. The van der Waals surface area contributed by atoms with Gasteiger partial charge < -0.3 is 34.0 Å². The van der Waals surface area contributed by atoms with Gasteiger partial charge in [-0.15, -0.1) is 6.58 Å². The number of ether oxygens (including phenoxy) is 4. The maximum atomic E-state index is 15.1. The largest absolute Gasteiger partial charge is 0.492 e. The van der Waals surface area contributed by atoms with Crippen LogP contribution in [0.3, 0.4) is 0 Å². The van der Waals surface area contributed by atoms with Crippen LogP contribution in [0.4, 0.5) is 14.9 Å². The first-order valence-electron chi connectivity index (χ1n) is 27.2. The predicted octanol–water partition coefficient (Wildman–Crippen LogP) is 11.8. The standard InChI is InChI=1S/C58H79FN4O10/c1-3-5-6-7-8-9-10-11-12-17-36-70-57(66)62(41-43-20-24-46(59)25-21-43)54-40-52(60-72-42-44-22-26-47(27-23-44)63(67)68)50-38-45(18-13-15-33-64)49(19-14-16-34-65)55-51-39-48(69-37-32-61-30-31-61)28-29-53(51)73-58(54,56(50)55)71-35-4-2/h4,20-29,38-39,45,49,54-56,64-65H,2-3,5-19,30-37,40-42H2,1H3. The summed E-state index contributed by atoms with van der Waals surface area (Å²) in [6.07, 6.45) is 19.2. The number of nitrogens with zero attached hydrogens (tertiary/aromatic N) is 4. The Morgan fingerprint density at radius 1 is 0.904 bits per heavy atom. The molecule has 398 valence electrons. The summed E-state index contributed by atoms with van der Waals surface area (Å²) in [4.78, 5) is 36.3. The maximum Gasteiger partial charge on any atom is 0.410 e. The van der Waals surface area contributed by atoms with Gasteiger partial charge >= 0.3 is 6.09 Å². The van der Waals surface area contributed by atoms with E-state index in [1.807, 2.05) is 12.1 Å². The molecule has 2 aliphatic carbocycles. The number of carbonyl (C=O) groups excluding carboxylic acids is 1. The SMILES string of the molecule is C=CCOC12Oc3ccc(OCCN4CC4)cc3C3C(CCCCO)C(CCCCO)C=C(C(=NOCc4ccc([N+](=O)[O-])cc4)CC1N(Cc1ccc(F)cc1)C(=O)OCCCCCCCCCCCC)C32. The Balaban J connectivity index is 1.32. The van der Waals surface area contributed by atoms with E-state index in [1.165, 1.54) is 62.8 Å². The first-order chi connectivity index (χ1) is 35.7. The van der Waals surface area contributed by atoms with E-state index in [-0.39, 0.29) is 69.4 Å². The number of non-ortho nitro benzene ring substituents is 1. The third kappa shape index (κ3) is 15.1. The van der Waals surface area contributed by atoms with Gasteiger partial charge in [0, 0.05) is 69.4 Å². The Labute approximate surface area is 431 Å². The normalized spacial score (nSPS) is 22.4. The zero-order chi connectivity index (χ0) is 51.4. The number of carbonyl (C=O) groups is 1. The molecule has 6 unspecified atom stereocenters. The fourth-order valence-corrected chi connectivity index (χ4v) is 11.1. The van der Waals surface area contributed by atoms with E-state index in [2.05, 4.69) is 30.5 Å². The monoisotopic (exact) mass is 1010 g/mol. The molecule has 1 saturated carbocycles. The van der Waals surface area contributed by atoms with Crippen molar-refractivity contribution in [2.24, 2.45) is 22.9 Å². The molecule has 1 saturated heterocycles. The van der Waals surface area contributed by atoms with E-state index >= 15 is 4.79 Å². The minimum atomic E-state index is -1.54. The Morgan fingerprint density at radius 3 is 2.26 bits per heavy atom. The van der Waals surface area contributed by atoms with Gasteiger partial charge in [-0.25, -0.2) is 9.18 Å². The number of aliphatic hydroxyl groups excluding tert-OH is 2. The Morgan fingerprint density at radius 2 is 1.59 bits per heavy atom. The van der Waals surface area contributed by atoms with Crippen LogP contribution in [0.25, 0.3) is 0 Å². The Kier molecular flexibility index (Phi) is 21.5. The van der Waals surface area contributed by atoms with Crippen molar-refractivity contribution in [3.63, 3.8) is 0 Å². The quantitative estimate of drug-likeness (QED) is 0.0196. The third-order valence-electron chi connectivity index (χ3n) is 15.0. The minimum absolute atomic E-state index is 0.00366. The van der Waals surface area contributed by atoms with Gasteiger partial charge in [0.15, 0.2) is 0 Å². The molecule has 0 radical (unpaired) electrons. The lowest BCUT2D eigenvalue weighted by Crippen LogP contribution is -2.70. The predicted molar refractivity (Wildman–Crippen MR) is 280 cm³/mol. The van der Waals surface area contributed by atoms with Crippen molar-refractivity contribution < 1.29 is 48.1 Å². The number of unbranched alkanes of at least 4 members (excludes halogenated alkanes) is 11. The average molecular weight is 1010 g/mol. The molecular weight excluding hydrogens is 932 g/mol. The highest BCUT2D eigenvalue weighted by Gasteiger charge is 2.65. The lowest BCUT2D eigenvalue weighted by molar-refractivity contribution is -0.384. The molecule has 2 N–H and O–H groups in total. The zero-order valence-corrected chi connectivity index (χ0v) is 43.0. The molecule has 1 amide bonds. The number of nitro benzene ring substituents is 1. The van der Waals surface area contributed by atoms with E-state index in [1.54, 1.807) is 35.2 Å². The molecule has 73 heavy (non-hydrogen) atoms. The number of oxime groups is 1. The lowest BCUT2D eigenvalue weighted by Gasteiger charge is -2.59. The van der Waals surface area contributed by atoms with E-state index in [9.17, 15) is 24.7 Å². The molecule has 2 heterocycles. The zero-order valence-electron chi connectivity index (χ0n) is 43.0. The summed E-state index contributed by atoms with van der Waals surface area (Å²) in [7, 11) is 0. The van der Waals surface area contributed by atoms with Crippen LogP contribution in [0.5, 0.6) is 11.5 Å². The van der Waals surface area contributed by atoms with E-state index in [4.69, 9.17) is 28.9 Å². The smallest absolute Gasteiger partial charge is 0.410 e. The first-order valence-corrected chi connectivity index (χ1v) is 27.2. The van der Waals surface area contributed by atoms with Gasteiger partial charge in [-0.3, -0.25) is 19.9 Å². The van der Waals surface area contributed by atoms with E-state index in [0.717, 1.165) is 75.7 Å². The molecule has 14 nitrogen and oxygen atoms in total. The summed E-state index contributed by atoms with van der Waals surface area (Å²) in [6, 6.07) is 17.3. The molecular formula is C58H79FN4O10. The maximum absolute atomic E-state index is 15.1. The molecule has 0 bridgehead atoms. The highest BCUT2D eigenvalue weighted by atomic mass is 19.1. The number of aliphatic hydroxyl groups is 2. The number of hydrogen-bond donors (Lipinski definition) is 2. The average Bonchev–Trinajstić information content (AvgIpc) is 4.23. The second-order valence-corrected chi connectivity index (χ2v) is 20.2. The first kappa shape index (κ1) is 55.4. The van der Waals surface area contributed by atoms with Gasteiger partial charge in [0.1, 0.15) is 36.6 Å². The molecule has 6 atom stereocenters. The summed E-state index contributed by atoms with van der Waals surface area (Å²) < 4.78 is 41.8. The number of amides is 1. The Bertz CT molecular complexity index is 2270. The molecule has 7 rings (SSSR count). The fraction of sp³-hybridized carbons (Fsp3) is 0.586. The number of fused-ring (bicyclic) bond motifs is 2. The van der Waals surface area contributed by atoms with Crippen molar-refractivity contribution in [2.75, 3.05) is 52.7 Å². The van der Waals surface area contributed by atoms with Crippen molar-refractivity contribution in [1.82, 2.24) is 9.80 Å². The highest BCUT2D eigenvalue weighted by molar-refractivity contribution is 6.03. The number of rotatable bonds is 33. The molecule has 3 aromatic carbocycles. The third-order valence-corrected chi connectivity index (χ3v) is 15.0. The molecule has 3 aromatic rings. The molecule has 0 spiro atoms. The molecule has 4 aliphatic rings. The lowest BCUT2D eigenvalue weighted by atomic mass is 9.55. The summed E-state index contributed by atoms with van der Waals surface area (Å²) in [6.45, 7) is 10.3. The van der Waals surface area contributed by atoms with Gasteiger partial charge in [-0.05, 0) is 103 Å². The topological polar surface area (TPSA) is 165 Å². The van der Waals surface area contributed by atoms with Gasteiger partial charge in [0.25, 0.3) is 5.69 Å². The molecule has 15 heteroatoms. The number of benzene rings is 3. The van der Waals surface area contributed by atoms with Gasteiger partial charge in [0.05, 0.1) is 29.8 Å². The number of allylic oxidation sites excluding steroid dienone is 1. The number of hydrogen-bond acceptors (Lipinski definition) is 12. The summed E-state index contributed by atoms with van der Waals surface area (Å²) >= 11 is 0. The van der Waals surface area contributed by atoms with Crippen LogP contribution in [0.2, 0.25) is 0 Å². The molecule has 0 aromatic heterocycles.